The number of hydrogen-bond donors (Lipinski definition) is 2. The highest BCUT2D eigenvalue weighted by Gasteiger charge is 2.13. The predicted molar refractivity (Wildman–Crippen MR) is 45.9 cm³/mol. The van der Waals surface area contributed by atoms with E-state index in [2.05, 4.69) is 15.3 Å². The molecule has 0 unspecified atom stereocenters. The van der Waals surface area contributed by atoms with Gasteiger partial charge in [0, 0.05) is 25.4 Å². The Morgan fingerprint density at radius 1 is 1.64 bits per heavy atom. The van der Waals surface area contributed by atoms with Crippen LogP contribution in [0.5, 0.6) is 0 Å². The van der Waals surface area contributed by atoms with Crippen molar-refractivity contribution in [2.75, 3.05) is 6.54 Å². The first-order valence-electron chi connectivity index (χ1n) is 4.24. The lowest BCUT2D eigenvalue weighted by atomic mass is 10.3. The Bertz CT molecular complexity index is 274. The van der Waals surface area contributed by atoms with Gasteiger partial charge in [0.2, 0.25) is 0 Å². The van der Waals surface area contributed by atoms with E-state index in [-0.39, 0.29) is 6.54 Å². The van der Waals surface area contributed by atoms with Gasteiger partial charge in [0.25, 0.3) is 5.91 Å². The van der Waals surface area contributed by atoms with E-state index in [0.29, 0.717) is 12.8 Å². The number of aryl methyl sites for hydroxylation is 1. The molecule has 6 heteroatoms. The second-order valence-corrected chi connectivity index (χ2v) is 2.73. The second-order valence-electron chi connectivity index (χ2n) is 2.73. The summed E-state index contributed by atoms with van der Waals surface area (Å²) in [6.45, 7) is 0.240. The molecule has 1 aromatic heterocycles. The fraction of sp³-hybridized carbons (Fsp3) is 0.500. The number of halogens is 2. The van der Waals surface area contributed by atoms with Crippen LogP contribution < -0.4 is 5.32 Å². The highest BCUT2D eigenvalue weighted by Crippen LogP contribution is 1.95. The minimum Gasteiger partial charge on any atom is -0.351 e. The van der Waals surface area contributed by atoms with Gasteiger partial charge >= 0.3 is 6.43 Å². The van der Waals surface area contributed by atoms with Crippen molar-refractivity contribution in [2.24, 2.45) is 0 Å². The Kier molecular flexibility index (Phi) is 4.03. The van der Waals surface area contributed by atoms with E-state index in [9.17, 15) is 13.6 Å². The molecule has 0 spiro atoms. The maximum Gasteiger partial charge on any atom is 0.315 e. The van der Waals surface area contributed by atoms with Gasteiger partial charge in [-0.2, -0.15) is 8.78 Å². The quantitative estimate of drug-likeness (QED) is 0.693. The number of rotatable bonds is 5. The van der Waals surface area contributed by atoms with E-state index < -0.39 is 12.3 Å². The molecule has 0 aromatic carbocycles. The van der Waals surface area contributed by atoms with Crippen LogP contribution >= 0.6 is 0 Å². The van der Waals surface area contributed by atoms with E-state index >= 15 is 0 Å². The smallest absolute Gasteiger partial charge is 0.315 e. The van der Waals surface area contributed by atoms with Gasteiger partial charge in [0.1, 0.15) is 5.82 Å². The minimum atomic E-state index is -2.93. The first-order valence-corrected chi connectivity index (χ1v) is 4.24. The van der Waals surface area contributed by atoms with Gasteiger partial charge in [-0.05, 0) is 6.42 Å². The molecule has 1 heterocycles. The van der Waals surface area contributed by atoms with Crippen molar-refractivity contribution in [3.8, 4) is 0 Å². The number of H-pyrrole nitrogens is 1. The van der Waals surface area contributed by atoms with Crippen molar-refractivity contribution in [3.05, 3.63) is 18.2 Å². The number of nitrogens with one attached hydrogen (secondary N) is 2. The van der Waals surface area contributed by atoms with E-state index in [0.717, 1.165) is 5.82 Å². The molecule has 1 aromatic rings. The van der Waals surface area contributed by atoms with Crippen molar-refractivity contribution in [3.63, 3.8) is 0 Å². The molecular weight excluding hydrogens is 192 g/mol. The number of carbonyl (C=O) groups excluding carboxylic acids is 1. The summed E-state index contributed by atoms with van der Waals surface area (Å²) in [6, 6.07) is 0. The molecular formula is C8H11F2N3O. The predicted octanol–water partition coefficient (Wildman–Crippen LogP) is 0.724. The lowest BCUT2D eigenvalue weighted by Gasteiger charge is -2.02. The van der Waals surface area contributed by atoms with E-state index in [4.69, 9.17) is 0 Å². The largest absolute Gasteiger partial charge is 0.351 e. The number of imidazole rings is 1. The van der Waals surface area contributed by atoms with Crippen LogP contribution in [0.25, 0.3) is 0 Å². The van der Waals surface area contributed by atoms with Crippen LogP contribution in [0.4, 0.5) is 8.78 Å². The monoisotopic (exact) mass is 203 g/mol. The molecule has 1 amide bonds. The first kappa shape index (κ1) is 10.6. The zero-order valence-electron chi connectivity index (χ0n) is 7.46. The first-order chi connectivity index (χ1) is 6.70. The van der Waals surface area contributed by atoms with Crippen LogP contribution in [0, 0.1) is 0 Å². The number of carbonyl (C=O) groups is 1. The second kappa shape index (κ2) is 5.31. The van der Waals surface area contributed by atoms with Crippen molar-refractivity contribution >= 4 is 5.91 Å². The Hall–Kier alpha value is -1.46. The zero-order valence-corrected chi connectivity index (χ0v) is 7.46. The molecule has 0 saturated carbocycles. The summed E-state index contributed by atoms with van der Waals surface area (Å²) < 4.78 is 23.4. The Morgan fingerprint density at radius 2 is 2.43 bits per heavy atom. The molecule has 0 radical (unpaired) electrons. The summed E-state index contributed by atoms with van der Waals surface area (Å²) in [5.41, 5.74) is 0. The molecule has 0 aliphatic rings. The van der Waals surface area contributed by atoms with Crippen LogP contribution in [0.3, 0.4) is 0 Å². The molecule has 4 nitrogen and oxygen atoms in total. The van der Waals surface area contributed by atoms with Gasteiger partial charge < -0.3 is 10.3 Å². The van der Waals surface area contributed by atoms with Crippen molar-refractivity contribution in [2.45, 2.75) is 19.3 Å². The summed E-state index contributed by atoms with van der Waals surface area (Å²) in [4.78, 5) is 17.2. The van der Waals surface area contributed by atoms with Gasteiger partial charge in [-0.1, -0.05) is 0 Å². The maximum atomic E-state index is 11.7. The molecule has 0 aliphatic carbocycles. The fourth-order valence-corrected chi connectivity index (χ4v) is 0.979. The molecule has 1 rings (SSSR count). The summed E-state index contributed by atoms with van der Waals surface area (Å²) in [5.74, 6) is -0.430. The van der Waals surface area contributed by atoms with Crippen molar-refractivity contribution in [1.82, 2.24) is 15.3 Å². The van der Waals surface area contributed by atoms with Gasteiger partial charge in [-0.15, -0.1) is 0 Å². The summed E-state index contributed by atoms with van der Waals surface area (Å²) in [5, 5.41) is 2.11. The Balaban J connectivity index is 2.08. The molecule has 0 aliphatic heterocycles. The average Bonchev–Trinajstić information content (AvgIpc) is 2.64. The third kappa shape index (κ3) is 3.51. The topological polar surface area (TPSA) is 57.8 Å². The third-order valence-corrected chi connectivity index (χ3v) is 1.64. The maximum absolute atomic E-state index is 11.7. The molecule has 0 atom stereocenters. The zero-order chi connectivity index (χ0) is 10.4. The van der Waals surface area contributed by atoms with E-state index in [1.807, 2.05) is 0 Å². The summed E-state index contributed by atoms with van der Waals surface area (Å²) in [6.07, 6.45) is 1.60. The van der Waals surface area contributed by atoms with Crippen LogP contribution in [0.2, 0.25) is 0 Å². The van der Waals surface area contributed by atoms with Crippen LogP contribution in [0.15, 0.2) is 12.4 Å². The van der Waals surface area contributed by atoms with Crippen molar-refractivity contribution in [1.29, 1.82) is 0 Å². The van der Waals surface area contributed by atoms with Gasteiger partial charge in [0.15, 0.2) is 0 Å². The number of aromatic amines is 1. The van der Waals surface area contributed by atoms with Gasteiger partial charge in [0.05, 0.1) is 0 Å². The standard InChI is InChI=1S/C8H11F2N3O/c9-7(10)8(14)13-3-1-2-6-11-4-5-12-6/h4-5,7H,1-3H2,(H,11,12)(H,13,14). The highest BCUT2D eigenvalue weighted by molar-refractivity contribution is 5.78. The average molecular weight is 203 g/mol. The van der Waals surface area contributed by atoms with Crippen LogP contribution in [-0.4, -0.2) is 28.8 Å². The molecule has 0 bridgehead atoms. The Morgan fingerprint density at radius 3 is 3.00 bits per heavy atom. The van der Waals surface area contributed by atoms with Gasteiger partial charge in [-0.3, -0.25) is 4.79 Å². The highest BCUT2D eigenvalue weighted by atomic mass is 19.3. The number of hydrogen-bond acceptors (Lipinski definition) is 2. The van der Waals surface area contributed by atoms with Crippen molar-refractivity contribution < 1.29 is 13.6 Å². The lowest BCUT2D eigenvalue weighted by Crippen LogP contribution is -2.30. The minimum absolute atomic E-state index is 0.240. The third-order valence-electron chi connectivity index (χ3n) is 1.64. The normalized spacial score (nSPS) is 10.5. The lowest BCUT2D eigenvalue weighted by molar-refractivity contribution is -0.131. The molecule has 0 fully saturated rings. The number of nitrogens with zero attached hydrogens (tertiary/aromatic N) is 1. The number of alkyl halides is 2. The van der Waals surface area contributed by atoms with E-state index in [1.165, 1.54) is 0 Å². The molecule has 14 heavy (non-hydrogen) atoms. The van der Waals surface area contributed by atoms with Crippen LogP contribution in [-0.2, 0) is 11.2 Å². The van der Waals surface area contributed by atoms with Gasteiger partial charge in [-0.25, -0.2) is 4.98 Å². The Labute approximate surface area is 79.7 Å². The molecule has 2 N–H and O–H groups in total. The number of aromatic nitrogens is 2. The molecule has 78 valence electrons. The number of amides is 1. The summed E-state index contributed by atoms with van der Waals surface area (Å²) in [7, 11) is 0. The molecule has 0 saturated heterocycles. The SMILES string of the molecule is O=C(NCCCc1ncc[nH]1)C(F)F. The fourth-order valence-electron chi connectivity index (χ4n) is 0.979. The summed E-state index contributed by atoms with van der Waals surface area (Å²) >= 11 is 0. The van der Waals surface area contributed by atoms with E-state index in [1.54, 1.807) is 12.4 Å². The van der Waals surface area contributed by atoms with Crippen LogP contribution in [0.1, 0.15) is 12.2 Å².